The molecule has 0 radical (unpaired) electrons. The van der Waals surface area contributed by atoms with Gasteiger partial charge in [-0.05, 0) is 64.0 Å². The van der Waals surface area contributed by atoms with Gasteiger partial charge >= 0.3 is 0 Å². The maximum Gasteiger partial charge on any atom is 0.00965 e. The van der Waals surface area contributed by atoms with E-state index >= 15 is 0 Å². The van der Waals surface area contributed by atoms with Crippen molar-refractivity contribution in [2.45, 2.75) is 59.4 Å². The van der Waals surface area contributed by atoms with E-state index in [0.717, 1.165) is 12.5 Å². The number of rotatable bonds is 8. The van der Waals surface area contributed by atoms with E-state index in [1.165, 1.54) is 30.8 Å². The van der Waals surface area contributed by atoms with Crippen molar-refractivity contribution in [3.63, 3.8) is 0 Å². The van der Waals surface area contributed by atoms with Gasteiger partial charge in [0, 0.05) is 5.54 Å². The van der Waals surface area contributed by atoms with E-state index in [9.17, 15) is 0 Å². The van der Waals surface area contributed by atoms with Crippen LogP contribution in [0.5, 0.6) is 0 Å². The summed E-state index contributed by atoms with van der Waals surface area (Å²) in [6.07, 6.45) is 4.03. The van der Waals surface area contributed by atoms with Crippen molar-refractivity contribution in [2.24, 2.45) is 5.92 Å². The highest BCUT2D eigenvalue weighted by molar-refractivity contribution is 7.99. The molecule has 0 aliphatic carbocycles. The summed E-state index contributed by atoms with van der Waals surface area (Å²) in [5, 5.41) is 3.52. The van der Waals surface area contributed by atoms with Crippen LogP contribution in [0, 0.1) is 5.92 Å². The van der Waals surface area contributed by atoms with Crippen molar-refractivity contribution in [3.8, 4) is 0 Å². The van der Waals surface area contributed by atoms with Gasteiger partial charge < -0.3 is 5.32 Å². The summed E-state index contributed by atoms with van der Waals surface area (Å²) >= 11 is 2.11. The minimum atomic E-state index is 0.283. The Morgan fingerprint density at radius 2 is 1.73 bits per heavy atom. The maximum absolute atomic E-state index is 3.52. The van der Waals surface area contributed by atoms with E-state index in [2.05, 4.69) is 51.7 Å². The molecule has 0 aromatic heterocycles. The molecular weight excluding hydrogens is 202 g/mol. The van der Waals surface area contributed by atoms with Crippen LogP contribution in [0.2, 0.25) is 0 Å². The molecule has 1 nitrogen and oxygen atoms in total. The second-order valence-corrected chi connectivity index (χ2v) is 6.90. The molecule has 0 heterocycles. The Morgan fingerprint density at radius 1 is 1.07 bits per heavy atom. The minimum Gasteiger partial charge on any atom is -0.312 e. The zero-order valence-corrected chi connectivity index (χ0v) is 12.0. The predicted octanol–water partition coefficient (Wildman–Crippen LogP) is 3.93. The Bertz CT molecular complexity index is 138. The Kier molecular flexibility index (Phi) is 8.64. The van der Waals surface area contributed by atoms with Crippen LogP contribution in [0.15, 0.2) is 0 Å². The van der Waals surface area contributed by atoms with Crippen LogP contribution in [0.25, 0.3) is 0 Å². The van der Waals surface area contributed by atoms with Crippen LogP contribution in [0.1, 0.15) is 53.9 Å². The molecule has 0 spiro atoms. The lowest BCUT2D eigenvalue weighted by atomic mass is 10.1. The van der Waals surface area contributed by atoms with Crippen molar-refractivity contribution >= 4 is 11.8 Å². The van der Waals surface area contributed by atoms with E-state index in [0.29, 0.717) is 0 Å². The molecule has 0 fully saturated rings. The predicted molar refractivity (Wildman–Crippen MR) is 73.8 cm³/mol. The number of nitrogens with one attached hydrogen (secondary N) is 1. The SMILES string of the molecule is CC(C)CCSCCCCNC(C)(C)C. The molecule has 0 atom stereocenters. The largest absolute Gasteiger partial charge is 0.312 e. The van der Waals surface area contributed by atoms with Crippen LogP contribution in [0.4, 0.5) is 0 Å². The quantitative estimate of drug-likeness (QED) is 0.635. The monoisotopic (exact) mass is 231 g/mol. The van der Waals surface area contributed by atoms with Gasteiger partial charge in [-0.25, -0.2) is 0 Å². The fraction of sp³-hybridized carbons (Fsp3) is 1.00. The molecule has 0 amide bonds. The average Bonchev–Trinajstić information content (AvgIpc) is 2.07. The van der Waals surface area contributed by atoms with E-state index in [4.69, 9.17) is 0 Å². The van der Waals surface area contributed by atoms with Crippen molar-refractivity contribution in [3.05, 3.63) is 0 Å². The van der Waals surface area contributed by atoms with Gasteiger partial charge in [-0.15, -0.1) is 0 Å². The van der Waals surface area contributed by atoms with Gasteiger partial charge in [0.05, 0.1) is 0 Å². The summed E-state index contributed by atoms with van der Waals surface area (Å²) in [6.45, 7) is 12.4. The summed E-state index contributed by atoms with van der Waals surface area (Å²) < 4.78 is 0. The fourth-order valence-corrected chi connectivity index (χ4v) is 2.46. The molecule has 0 unspecified atom stereocenters. The van der Waals surface area contributed by atoms with Crippen LogP contribution in [-0.2, 0) is 0 Å². The molecule has 2 heteroatoms. The lowest BCUT2D eigenvalue weighted by Crippen LogP contribution is -2.36. The first-order valence-corrected chi connectivity index (χ1v) is 7.40. The zero-order chi connectivity index (χ0) is 11.7. The fourth-order valence-electron chi connectivity index (χ4n) is 1.21. The molecule has 0 aromatic carbocycles. The summed E-state index contributed by atoms with van der Waals surface area (Å²) in [7, 11) is 0. The molecule has 92 valence electrons. The minimum absolute atomic E-state index is 0.283. The van der Waals surface area contributed by atoms with E-state index < -0.39 is 0 Å². The highest BCUT2D eigenvalue weighted by Crippen LogP contribution is 2.10. The Hall–Kier alpha value is 0.310. The Balaban J connectivity index is 3.06. The van der Waals surface area contributed by atoms with E-state index in [1.54, 1.807) is 0 Å². The molecular formula is C13H29NS. The van der Waals surface area contributed by atoms with Crippen molar-refractivity contribution in [1.29, 1.82) is 0 Å². The van der Waals surface area contributed by atoms with Crippen molar-refractivity contribution in [1.82, 2.24) is 5.32 Å². The maximum atomic E-state index is 3.52. The summed E-state index contributed by atoms with van der Waals surface area (Å²) in [5.74, 6) is 3.53. The normalized spacial score (nSPS) is 12.4. The molecule has 15 heavy (non-hydrogen) atoms. The topological polar surface area (TPSA) is 12.0 Å². The van der Waals surface area contributed by atoms with Gasteiger partial charge in [-0.2, -0.15) is 11.8 Å². The third-order valence-electron chi connectivity index (χ3n) is 2.21. The van der Waals surface area contributed by atoms with Gasteiger partial charge in [0.2, 0.25) is 0 Å². The van der Waals surface area contributed by atoms with Gasteiger partial charge in [0.1, 0.15) is 0 Å². The van der Waals surface area contributed by atoms with Crippen LogP contribution >= 0.6 is 11.8 Å². The van der Waals surface area contributed by atoms with Crippen LogP contribution in [0.3, 0.4) is 0 Å². The summed E-state index contributed by atoms with van der Waals surface area (Å²) in [5.41, 5.74) is 0.283. The first-order valence-electron chi connectivity index (χ1n) is 6.24. The third kappa shape index (κ3) is 14.3. The Labute approximate surface area is 101 Å². The summed E-state index contributed by atoms with van der Waals surface area (Å²) in [4.78, 5) is 0. The second-order valence-electron chi connectivity index (χ2n) is 5.68. The first kappa shape index (κ1) is 15.3. The van der Waals surface area contributed by atoms with Gasteiger partial charge in [-0.1, -0.05) is 13.8 Å². The number of unbranched alkanes of at least 4 members (excludes halogenated alkanes) is 1. The van der Waals surface area contributed by atoms with Crippen molar-refractivity contribution < 1.29 is 0 Å². The lowest BCUT2D eigenvalue weighted by Gasteiger charge is -2.20. The molecule has 0 bridgehead atoms. The zero-order valence-electron chi connectivity index (χ0n) is 11.2. The van der Waals surface area contributed by atoms with Gasteiger partial charge in [0.25, 0.3) is 0 Å². The highest BCUT2D eigenvalue weighted by atomic mass is 32.2. The highest BCUT2D eigenvalue weighted by Gasteiger charge is 2.06. The van der Waals surface area contributed by atoms with Gasteiger partial charge in [-0.3, -0.25) is 0 Å². The van der Waals surface area contributed by atoms with Gasteiger partial charge in [0.15, 0.2) is 0 Å². The molecule has 0 aliphatic rings. The number of hydrogen-bond acceptors (Lipinski definition) is 2. The molecule has 1 N–H and O–H groups in total. The van der Waals surface area contributed by atoms with Crippen molar-refractivity contribution in [2.75, 3.05) is 18.1 Å². The standard InChI is InChI=1S/C13H29NS/c1-12(2)8-11-15-10-7-6-9-14-13(3,4)5/h12,14H,6-11H2,1-5H3. The Morgan fingerprint density at radius 3 is 2.27 bits per heavy atom. The number of hydrogen-bond donors (Lipinski definition) is 1. The molecule has 0 rings (SSSR count). The second kappa shape index (κ2) is 8.46. The third-order valence-corrected chi connectivity index (χ3v) is 3.31. The lowest BCUT2D eigenvalue weighted by molar-refractivity contribution is 0.421. The van der Waals surface area contributed by atoms with E-state index in [1.807, 2.05) is 0 Å². The molecule has 0 aliphatic heterocycles. The summed E-state index contributed by atoms with van der Waals surface area (Å²) in [6, 6.07) is 0. The molecule has 0 saturated carbocycles. The molecule has 0 aromatic rings. The smallest absolute Gasteiger partial charge is 0.00965 e. The number of thioether (sulfide) groups is 1. The molecule has 0 saturated heterocycles. The van der Waals surface area contributed by atoms with Crippen LogP contribution in [-0.4, -0.2) is 23.6 Å². The average molecular weight is 231 g/mol. The van der Waals surface area contributed by atoms with Crippen LogP contribution < -0.4 is 5.32 Å². The first-order chi connectivity index (χ1) is 6.92. The van der Waals surface area contributed by atoms with E-state index in [-0.39, 0.29) is 5.54 Å².